The molecule has 79 heavy (non-hydrogen) atoms. The zero-order valence-electron chi connectivity index (χ0n) is 44.5. The fraction of sp³-hybridized carbons (Fsp3) is 0.682. The van der Waals surface area contributed by atoms with Crippen molar-refractivity contribution in [2.75, 3.05) is 53.5 Å². The van der Waals surface area contributed by atoms with Crippen LogP contribution in [0.3, 0.4) is 0 Å². The van der Waals surface area contributed by atoms with Crippen LogP contribution in [0.2, 0.25) is 0 Å². The molecule has 0 spiro atoms. The molecule has 9 atom stereocenters. The Hall–Kier alpha value is -8.18. The van der Waals surface area contributed by atoms with Crippen LogP contribution in [0.15, 0.2) is 0 Å². The van der Waals surface area contributed by atoms with Gasteiger partial charge in [-0.2, -0.15) is 0 Å². The number of hydrogen-bond donors (Lipinski definition) is 24. The zero-order valence-corrected chi connectivity index (χ0v) is 44.5. The quantitative estimate of drug-likeness (QED) is 0.0154. The van der Waals surface area contributed by atoms with Crippen molar-refractivity contribution in [1.82, 2.24) is 69.1 Å². The van der Waals surface area contributed by atoms with E-state index in [0.29, 0.717) is 6.42 Å². The Balaban J connectivity index is 6.93. The van der Waals surface area contributed by atoms with E-state index in [0.717, 1.165) is 0 Å². The highest BCUT2D eigenvalue weighted by Crippen LogP contribution is 2.10. The summed E-state index contributed by atoms with van der Waals surface area (Å²) in [5.41, 5.74) is 21.9. The van der Waals surface area contributed by atoms with Gasteiger partial charge in [0.1, 0.15) is 54.4 Å². The van der Waals surface area contributed by atoms with Crippen LogP contribution in [-0.2, 0) is 52.7 Å². The van der Waals surface area contributed by atoms with Crippen molar-refractivity contribution in [3.63, 3.8) is 0 Å². The molecule has 0 bridgehead atoms. The molecule has 35 nitrogen and oxygen atoms in total. The molecule has 0 radical (unpaired) electrons. The topological polar surface area (TPSA) is 601 Å². The van der Waals surface area contributed by atoms with Gasteiger partial charge in [0, 0.05) is 33.1 Å². The molecule has 0 fully saturated rings. The van der Waals surface area contributed by atoms with E-state index in [4.69, 9.17) is 44.3 Å². The summed E-state index contributed by atoms with van der Waals surface area (Å²) < 4.78 is 0. The van der Waals surface area contributed by atoms with E-state index in [1.165, 1.54) is 21.0 Å². The predicted octanol–water partition coefficient (Wildman–Crippen LogP) is -9.54. The van der Waals surface area contributed by atoms with Gasteiger partial charge in [-0.05, 0) is 84.7 Å². The molecule has 0 aliphatic heterocycles. The van der Waals surface area contributed by atoms with Gasteiger partial charge in [-0.25, -0.2) is 0 Å². The van der Waals surface area contributed by atoms with Gasteiger partial charge in [0.25, 0.3) is 0 Å². The highest BCUT2D eigenvalue weighted by molar-refractivity contribution is 5.98. The van der Waals surface area contributed by atoms with Crippen molar-refractivity contribution in [2.45, 2.75) is 138 Å². The van der Waals surface area contributed by atoms with E-state index in [1.54, 1.807) is 0 Å². The number of likely N-dealkylation sites (N-methyl/N-ethyl adjacent to an activating group) is 2. The molecular formula is C44H82N20O15. The maximum Gasteiger partial charge on any atom is 0.305 e. The van der Waals surface area contributed by atoms with Gasteiger partial charge in [0.15, 0.2) is 17.9 Å². The van der Waals surface area contributed by atoms with Gasteiger partial charge in [0.2, 0.25) is 53.2 Å². The molecule has 0 heterocycles. The number of nitrogens with two attached hydrogens (primary N) is 4. The number of aliphatic carboxylic acids is 2. The van der Waals surface area contributed by atoms with Crippen molar-refractivity contribution in [3.05, 3.63) is 0 Å². The SMILES string of the molecule is CNC(=O)[C@H](CC(=O)O)NC(=O)[C@@H](C)NC(=O)[C@H](CO)NC(=O)[C@H](CCCNC(=N)N)NC(=O)[C@H](CCCNC(=N)N)NC(=O)[C@H](CCCCN)NC(=O)[C@H](CCC(=O)O)NC(=O)[C@H](CCCNC(=N)N)NC(=O)[C@H](CO)NC. The Morgan fingerprint density at radius 3 is 1.06 bits per heavy atom. The van der Waals surface area contributed by atoms with Gasteiger partial charge in [-0.3, -0.25) is 69.0 Å². The molecule has 0 aliphatic rings. The van der Waals surface area contributed by atoms with Crippen LogP contribution < -0.4 is 92.1 Å². The fourth-order valence-corrected chi connectivity index (χ4v) is 7.06. The Labute approximate surface area is 455 Å². The summed E-state index contributed by atoms with van der Waals surface area (Å²) >= 11 is 0. The van der Waals surface area contributed by atoms with Crippen LogP contribution in [0, 0.1) is 16.2 Å². The number of rotatable bonds is 41. The molecule has 448 valence electrons. The van der Waals surface area contributed by atoms with Crippen LogP contribution in [0.4, 0.5) is 0 Å². The highest BCUT2D eigenvalue weighted by Gasteiger charge is 2.35. The molecular weight excluding hydrogens is 1050 g/mol. The number of carboxylic acid groups (broad SMARTS) is 2. The van der Waals surface area contributed by atoms with Crippen molar-refractivity contribution < 1.29 is 73.2 Å². The van der Waals surface area contributed by atoms with Crippen molar-refractivity contribution >= 4 is 83.0 Å². The first kappa shape index (κ1) is 70.8. The average molecular weight is 1130 g/mol. The molecule has 0 rings (SSSR count). The highest BCUT2D eigenvalue weighted by atomic mass is 16.4. The maximum absolute atomic E-state index is 14.3. The largest absolute Gasteiger partial charge is 0.481 e. The fourth-order valence-electron chi connectivity index (χ4n) is 7.06. The molecule has 0 aromatic carbocycles. The molecule has 0 aromatic heterocycles. The molecule has 0 aliphatic carbocycles. The average Bonchev–Trinajstić information content (AvgIpc) is 3.38. The number of aliphatic hydroxyl groups is 2. The third-order valence-electron chi connectivity index (χ3n) is 11.4. The van der Waals surface area contributed by atoms with Crippen LogP contribution in [0.1, 0.15) is 84.0 Å². The Morgan fingerprint density at radius 2 is 0.747 bits per heavy atom. The second-order valence-corrected chi connectivity index (χ2v) is 17.7. The lowest BCUT2D eigenvalue weighted by Gasteiger charge is -2.28. The summed E-state index contributed by atoms with van der Waals surface area (Å²) in [5, 5.41) is 92.5. The number of aliphatic hydroxyl groups excluding tert-OH is 2. The third-order valence-corrected chi connectivity index (χ3v) is 11.4. The van der Waals surface area contributed by atoms with E-state index in [9.17, 15) is 68.1 Å². The van der Waals surface area contributed by atoms with Crippen molar-refractivity contribution in [3.8, 4) is 0 Å². The van der Waals surface area contributed by atoms with Crippen molar-refractivity contribution in [2.24, 2.45) is 22.9 Å². The Morgan fingerprint density at radius 1 is 0.418 bits per heavy atom. The van der Waals surface area contributed by atoms with Gasteiger partial charge in [-0.1, -0.05) is 0 Å². The summed E-state index contributed by atoms with van der Waals surface area (Å²) in [6.45, 7) is -0.320. The molecule has 0 saturated carbocycles. The number of unbranched alkanes of at least 4 members (excludes halogenated alkanes) is 1. The molecule has 35 heteroatoms. The summed E-state index contributed by atoms with van der Waals surface area (Å²) in [7, 11) is 2.58. The first-order valence-corrected chi connectivity index (χ1v) is 25.2. The van der Waals surface area contributed by atoms with Gasteiger partial charge in [0.05, 0.1) is 19.6 Å². The van der Waals surface area contributed by atoms with E-state index < -0.39 is 164 Å². The number of carbonyl (C=O) groups excluding carboxylic acids is 9. The number of guanidine groups is 3. The van der Waals surface area contributed by atoms with Gasteiger partial charge < -0.3 is 112 Å². The standard InChI is InChI=1S/C44H82N20O15/c1-22(33(71)63-28(19-32(69)70)34(72)53-3)57-41(79)30(21-66)64-38(76)26(12-8-18-56-44(50)51)60-36(74)24(10-6-16-54-42(46)47)59-35(73)23(9-4-5-15-45)58-39(77)27(13-14-31(67)68)62-37(75)25(11-7-17-55-43(48)49)61-40(78)29(20-65)52-2/h22-30,52,65-66H,4-21,45H2,1-3H3,(H,53,72)(H,57,79)(H,58,77)(H,59,73)(H,60,74)(H,61,78)(H,62,75)(H,63,71)(H,64,76)(H,67,68)(H,69,70)(H4,46,47,54)(H4,48,49,55)(H4,50,51,56)/t22-,23+,24+,25+,26+,27+,28+,29+,30+/m1/s1. The van der Waals surface area contributed by atoms with E-state index in [1.807, 2.05) is 0 Å². The lowest BCUT2D eigenvalue weighted by atomic mass is 10.0. The van der Waals surface area contributed by atoms with Gasteiger partial charge >= 0.3 is 11.9 Å². The molecule has 0 aromatic rings. The number of carbonyl (C=O) groups is 11. The number of nitrogens with one attached hydrogen (secondary N) is 16. The molecule has 28 N–H and O–H groups in total. The minimum absolute atomic E-state index is 0.00269. The third kappa shape index (κ3) is 30.4. The second-order valence-electron chi connectivity index (χ2n) is 17.7. The smallest absolute Gasteiger partial charge is 0.305 e. The van der Waals surface area contributed by atoms with Gasteiger partial charge in [-0.15, -0.1) is 0 Å². The zero-order chi connectivity index (χ0) is 60.2. The lowest BCUT2D eigenvalue weighted by molar-refractivity contribution is -0.141. The molecule has 0 unspecified atom stereocenters. The van der Waals surface area contributed by atoms with Crippen LogP contribution in [-0.4, -0.2) is 211 Å². The molecule has 9 amide bonds. The summed E-state index contributed by atoms with van der Waals surface area (Å²) in [6.07, 6.45) is -1.90. The minimum atomic E-state index is -1.78. The van der Waals surface area contributed by atoms with Crippen LogP contribution >= 0.6 is 0 Å². The monoisotopic (exact) mass is 1130 g/mol. The molecule has 0 saturated heterocycles. The van der Waals surface area contributed by atoms with Crippen molar-refractivity contribution in [1.29, 1.82) is 16.2 Å². The number of carboxylic acids is 2. The first-order chi connectivity index (χ1) is 37.2. The first-order valence-electron chi connectivity index (χ1n) is 25.2. The second kappa shape index (κ2) is 39.2. The summed E-state index contributed by atoms with van der Waals surface area (Å²) in [5.74, 6) is -12.9. The van der Waals surface area contributed by atoms with E-state index in [-0.39, 0.29) is 83.5 Å². The summed E-state index contributed by atoms with van der Waals surface area (Å²) in [4.78, 5) is 145. The summed E-state index contributed by atoms with van der Waals surface area (Å²) in [6, 6.07) is -13.5. The number of hydrogen-bond acceptors (Lipinski definition) is 18. The maximum atomic E-state index is 14.3. The lowest BCUT2D eigenvalue weighted by Crippen LogP contribution is -2.60. The minimum Gasteiger partial charge on any atom is -0.481 e. The van der Waals surface area contributed by atoms with E-state index in [2.05, 4.69) is 69.1 Å². The Bertz CT molecular complexity index is 2080. The Kier molecular flexibility index (Phi) is 35.2. The van der Waals surface area contributed by atoms with E-state index >= 15 is 0 Å². The predicted molar refractivity (Wildman–Crippen MR) is 282 cm³/mol. The number of amides is 9. The normalized spacial score (nSPS) is 14.2. The van der Waals surface area contributed by atoms with Crippen LogP contribution in [0.25, 0.3) is 0 Å². The van der Waals surface area contributed by atoms with Crippen LogP contribution in [0.5, 0.6) is 0 Å².